The number of H-pyrrole nitrogens is 3. The maximum absolute atomic E-state index is 14.4. The molecule has 12 rings (SSSR count). The molecule has 0 bridgehead atoms. The first-order valence-corrected chi connectivity index (χ1v) is 32.7. The van der Waals surface area contributed by atoms with Crippen LogP contribution < -0.4 is 34.7 Å². The van der Waals surface area contributed by atoms with Crippen molar-refractivity contribution in [1.29, 1.82) is 0 Å². The van der Waals surface area contributed by atoms with Gasteiger partial charge in [0, 0.05) is 10.0 Å². The van der Waals surface area contributed by atoms with E-state index in [4.69, 9.17) is 139 Å². The van der Waals surface area contributed by atoms with Crippen LogP contribution in [-0.2, 0) is 0 Å². The summed E-state index contributed by atoms with van der Waals surface area (Å²) >= 11 is 78.5. The number of nitrogens with zero attached hydrogens (tertiary/aromatic N) is 3. The zero-order chi connectivity index (χ0) is 72.1. The summed E-state index contributed by atoms with van der Waals surface area (Å²) in [5.41, 5.74) is -2.65. The van der Waals surface area contributed by atoms with Crippen molar-refractivity contribution >= 4 is 190 Å². The molecule has 100 heavy (non-hydrogen) atoms. The van der Waals surface area contributed by atoms with Gasteiger partial charge in [-0.2, -0.15) is 0 Å². The first-order chi connectivity index (χ1) is 46.9. The molecule has 34 heteroatoms. The van der Waals surface area contributed by atoms with E-state index in [1.54, 1.807) is 18.2 Å². The molecule has 0 amide bonds. The Morgan fingerprint density at radius 1 is 0.380 bits per heavy atom. The number of rotatable bonds is 15. The van der Waals surface area contributed by atoms with Crippen LogP contribution in [0.2, 0.25) is 61.1 Å². The van der Waals surface area contributed by atoms with Crippen LogP contribution in [0.25, 0.3) is 17.1 Å². The molecule has 0 radical (unpaired) electrons. The summed E-state index contributed by atoms with van der Waals surface area (Å²) in [6.07, 6.45) is 0. The van der Waals surface area contributed by atoms with Gasteiger partial charge in [-0.25, -0.2) is 8.78 Å². The average Bonchev–Trinajstić information content (AvgIpc) is 1.70. The van der Waals surface area contributed by atoms with Crippen LogP contribution in [0.3, 0.4) is 0 Å². The van der Waals surface area contributed by atoms with E-state index in [1.807, 2.05) is 0 Å². The van der Waals surface area contributed by atoms with Gasteiger partial charge in [0.05, 0.1) is 71.5 Å². The molecule has 8 N–H and O–H groups in total. The van der Waals surface area contributed by atoms with E-state index >= 15 is 0 Å². The molecule has 0 atom stereocenters. The summed E-state index contributed by atoms with van der Waals surface area (Å²) in [7, 11) is 0. The predicted octanol–water partition coefficient (Wildman–Crippen LogP) is 16.3. The van der Waals surface area contributed by atoms with Crippen molar-refractivity contribution in [3.8, 4) is 51.6 Å². The number of ketones is 6. The molecule has 12 aromatic rings. The summed E-state index contributed by atoms with van der Waals surface area (Å²) < 4.78 is 31.6. The molecule has 18 nitrogen and oxygen atoms in total. The van der Waals surface area contributed by atoms with Crippen LogP contribution in [-0.4, -0.2) is 88.9 Å². The smallest absolute Gasteiger partial charge is 0.872 e. The van der Waals surface area contributed by atoms with Gasteiger partial charge in [-0.3, -0.25) is 42.5 Å². The minimum absolute atomic E-state index is 0. The molecule has 0 saturated heterocycles. The average molecular weight is 1670 g/mol. The number of aromatic nitrogens is 6. The third kappa shape index (κ3) is 14.8. The number of carbonyl (C=O) groups excluding carboxylic acids is 6. The van der Waals surface area contributed by atoms with Crippen molar-refractivity contribution in [2.45, 2.75) is 0 Å². The standard InChI is InChI=1S/C22H11BrCl4N2O4.2C22H11Cl4FN2O4.Na/c23-9-5-6-15(31)11(7-9)19(32)13-8-12(24)22(27)29(13)18-16(25)21(26)28-17(18)20(33)10-3-1-2-4-14(10)30;23-10-8-12(20(33)15-11(27)5-3-7-14(15)31)29(22(10)26)18-16(24)21(25)28-17(18)19(32)9-4-1-2-6-13(9)30;23-12-8-13(19(32)11-6-5-9(27)7-15(11)31)29(22(12)26)18-16(24)21(25)28-17(18)20(33)10-3-1-2-4-14(10)30;/h3*1-8,28,30-31H;/q;;;+1/p-1. The number of halogens is 15. The monoisotopic (exact) mass is 1660 g/mol. The van der Waals surface area contributed by atoms with Crippen molar-refractivity contribution < 1.29 is 97.7 Å². The minimum Gasteiger partial charge on any atom is -0.872 e. The van der Waals surface area contributed by atoms with Crippen molar-refractivity contribution in [3.63, 3.8) is 0 Å². The molecule has 0 saturated carbocycles. The second-order valence-corrected chi connectivity index (χ2v) is 25.9. The first-order valence-electron chi connectivity index (χ1n) is 27.3. The van der Waals surface area contributed by atoms with Gasteiger partial charge in [0.1, 0.15) is 109 Å². The molecular weight excluding hydrogens is 1640 g/mol. The maximum atomic E-state index is 14.4. The summed E-state index contributed by atoms with van der Waals surface area (Å²) in [6.45, 7) is 0. The van der Waals surface area contributed by atoms with Gasteiger partial charge < -0.3 is 45.6 Å². The van der Waals surface area contributed by atoms with E-state index in [0.29, 0.717) is 10.5 Å². The Morgan fingerprint density at radius 3 is 1.08 bits per heavy atom. The Balaban J connectivity index is 0.000000174. The molecule has 0 aliphatic heterocycles. The Kier molecular flexibility index (Phi) is 24.2. The van der Waals surface area contributed by atoms with Crippen LogP contribution in [0.4, 0.5) is 8.78 Å². The number of para-hydroxylation sites is 3. The van der Waals surface area contributed by atoms with Crippen LogP contribution in [0.5, 0.6) is 34.5 Å². The summed E-state index contributed by atoms with van der Waals surface area (Å²) in [5.74, 6) is -8.93. The number of phenolic OH excluding ortho intramolecular Hbond substituents is 5. The Labute approximate surface area is 651 Å². The van der Waals surface area contributed by atoms with E-state index in [2.05, 4.69) is 30.9 Å². The quantitative estimate of drug-likeness (QED) is 0.0351. The largest absolute Gasteiger partial charge is 1.00 e. The van der Waals surface area contributed by atoms with Gasteiger partial charge in [0.25, 0.3) is 0 Å². The Morgan fingerprint density at radius 2 is 0.720 bits per heavy atom. The molecule has 0 aliphatic carbocycles. The van der Waals surface area contributed by atoms with Crippen molar-refractivity contribution in [2.24, 2.45) is 0 Å². The Bertz CT molecular complexity index is 5360. The summed E-state index contributed by atoms with van der Waals surface area (Å²) in [5, 5.41) is 61.3. The number of aromatic amines is 3. The van der Waals surface area contributed by atoms with Crippen LogP contribution in [0, 0.1) is 11.6 Å². The third-order valence-electron chi connectivity index (χ3n) is 14.4. The summed E-state index contributed by atoms with van der Waals surface area (Å²) in [6, 6.07) is 31.4. The van der Waals surface area contributed by atoms with Crippen LogP contribution in [0.1, 0.15) is 96.3 Å². The number of hydrogen-bond donors (Lipinski definition) is 8. The molecule has 6 aromatic carbocycles. The number of hydrogen-bond acceptors (Lipinski definition) is 12. The van der Waals surface area contributed by atoms with E-state index in [1.165, 1.54) is 95.6 Å². The topological polar surface area (TPSA) is 289 Å². The molecule has 504 valence electrons. The minimum atomic E-state index is -0.983. The number of phenols is 5. The van der Waals surface area contributed by atoms with Crippen molar-refractivity contribution in [2.75, 3.05) is 0 Å². The van der Waals surface area contributed by atoms with Crippen LogP contribution in [0.15, 0.2) is 150 Å². The van der Waals surface area contributed by atoms with Gasteiger partial charge >= 0.3 is 29.6 Å². The third-order valence-corrected chi connectivity index (χ3v) is 19.4. The second kappa shape index (κ2) is 31.5. The van der Waals surface area contributed by atoms with Crippen LogP contribution >= 0.6 is 155 Å². The SMILES string of the molecule is O=C(c1ccccc1O)c1[nH]c(Cl)c(Cl)c1-n1c(C(=O)c2c(O)cccc2F)cc(Cl)c1Cl.O=C(c1ccccc1O)c1[nH]c(Cl)c(Cl)c1-n1c(C(=O)c2cc(Br)ccc2O)cc(Cl)c1Cl.O=C(c1ccccc1O)c1[nH]c(Cl)c(Cl)c1-n1c(C(=O)c2ccc(F)cc2[O-])cc(Cl)c1Cl.[Na+]. The molecule has 0 aliphatic rings. The van der Waals surface area contributed by atoms with Gasteiger partial charge in [-0.1, -0.05) is 203 Å². The normalized spacial score (nSPS) is 10.9. The van der Waals surface area contributed by atoms with E-state index < -0.39 is 63.4 Å². The predicted molar refractivity (Wildman–Crippen MR) is 375 cm³/mol. The molecule has 0 spiro atoms. The number of carbonyl (C=O) groups is 6. The van der Waals surface area contributed by atoms with E-state index in [9.17, 15) is 68.2 Å². The van der Waals surface area contributed by atoms with Crippen molar-refractivity contribution in [1.82, 2.24) is 28.7 Å². The van der Waals surface area contributed by atoms with E-state index in [-0.39, 0.29) is 193 Å². The van der Waals surface area contributed by atoms with Gasteiger partial charge in [-0.15, -0.1) is 0 Å². The zero-order valence-electron chi connectivity index (χ0n) is 49.5. The zero-order valence-corrected chi connectivity index (χ0v) is 62.1. The summed E-state index contributed by atoms with van der Waals surface area (Å²) in [4.78, 5) is 87.4. The van der Waals surface area contributed by atoms with E-state index in [0.717, 1.165) is 39.5 Å². The molecule has 0 fully saturated rings. The van der Waals surface area contributed by atoms with Gasteiger partial charge in [-0.05, 0) is 103 Å². The number of aromatic hydroxyl groups is 5. The fourth-order valence-corrected chi connectivity index (χ4v) is 12.7. The molecule has 6 heterocycles. The van der Waals surface area contributed by atoms with Crippen molar-refractivity contribution in [3.05, 3.63) is 290 Å². The number of benzene rings is 6. The first kappa shape index (κ1) is 76.8. The number of nitrogens with one attached hydrogen (secondary N) is 3. The maximum Gasteiger partial charge on any atom is 1.00 e. The van der Waals surface area contributed by atoms with Gasteiger partial charge in [0.15, 0.2) is 0 Å². The molecular formula is C66H32BrCl12F2N6NaO12. The molecule has 6 aromatic heterocycles. The second-order valence-electron chi connectivity index (χ2n) is 20.4. The molecule has 0 unspecified atom stereocenters. The van der Waals surface area contributed by atoms with Gasteiger partial charge in [0.2, 0.25) is 34.7 Å². The Hall–Kier alpha value is -7.36. The fraction of sp³-hybridized carbons (Fsp3) is 0. The fourth-order valence-electron chi connectivity index (χ4n) is 9.88.